The summed E-state index contributed by atoms with van der Waals surface area (Å²) in [5.74, 6) is 0. The van der Waals surface area contributed by atoms with Crippen LogP contribution in [-0.2, 0) is 12.8 Å². The molecule has 0 atom stereocenters. The number of pyridine rings is 1. The van der Waals surface area contributed by atoms with Crippen LogP contribution in [0.5, 0.6) is 0 Å². The van der Waals surface area contributed by atoms with E-state index in [1.807, 2.05) is 0 Å². The van der Waals surface area contributed by atoms with Gasteiger partial charge in [-0.2, -0.15) is 0 Å². The van der Waals surface area contributed by atoms with Gasteiger partial charge in [0.1, 0.15) is 0 Å². The minimum absolute atomic E-state index is 0.950. The van der Waals surface area contributed by atoms with Crippen molar-refractivity contribution in [2.75, 3.05) is 0 Å². The van der Waals surface area contributed by atoms with Gasteiger partial charge in [-0.1, -0.05) is 0 Å². The van der Waals surface area contributed by atoms with Gasteiger partial charge in [0.05, 0.1) is 4.47 Å². The molecule has 64 valence electrons. The average Bonchev–Trinajstić information content (AvgIpc) is 2.04. The van der Waals surface area contributed by atoms with Crippen molar-refractivity contribution in [1.82, 2.24) is 0 Å². The normalized spacial score (nSPS) is 15.8. The summed E-state index contributed by atoms with van der Waals surface area (Å²) in [7, 11) is 0. The number of fused-ring (bicyclic) bond motifs is 1. The zero-order chi connectivity index (χ0) is 8.55. The van der Waals surface area contributed by atoms with E-state index in [4.69, 9.17) is 0 Å². The second kappa shape index (κ2) is 3.05. The van der Waals surface area contributed by atoms with Crippen LogP contribution in [-0.4, -0.2) is 5.21 Å². The van der Waals surface area contributed by atoms with Gasteiger partial charge in [0.25, 0.3) is 0 Å². The van der Waals surface area contributed by atoms with E-state index in [-0.39, 0.29) is 0 Å². The van der Waals surface area contributed by atoms with Gasteiger partial charge in [-0.25, -0.2) is 0 Å². The van der Waals surface area contributed by atoms with Crippen molar-refractivity contribution in [3.05, 3.63) is 28.0 Å². The molecule has 0 saturated carbocycles. The van der Waals surface area contributed by atoms with Gasteiger partial charge in [0, 0.05) is 16.7 Å². The lowest BCUT2D eigenvalue weighted by Gasteiger charge is -2.10. The van der Waals surface area contributed by atoms with Crippen LogP contribution in [0, 0.1) is 0 Å². The lowest BCUT2D eigenvalue weighted by molar-refractivity contribution is -0.910. The fourth-order valence-electron chi connectivity index (χ4n) is 1.73. The Hall–Kier alpha value is -0.570. The van der Waals surface area contributed by atoms with Crippen LogP contribution in [0.25, 0.3) is 0 Å². The van der Waals surface area contributed by atoms with E-state index in [1.54, 1.807) is 6.20 Å². The molecule has 1 aromatic heterocycles. The molecule has 1 N–H and O–H groups in total. The average molecular weight is 229 g/mol. The Morgan fingerprint density at radius 2 is 2.08 bits per heavy atom. The third-order valence-corrected chi connectivity index (χ3v) is 2.75. The second-order valence-corrected chi connectivity index (χ2v) is 4.10. The number of hydrogen-bond acceptors (Lipinski definition) is 1. The van der Waals surface area contributed by atoms with E-state index >= 15 is 0 Å². The smallest absolute Gasteiger partial charge is 0.237 e. The van der Waals surface area contributed by atoms with Crippen LogP contribution in [0.2, 0.25) is 0 Å². The Morgan fingerprint density at radius 3 is 2.92 bits per heavy atom. The van der Waals surface area contributed by atoms with Crippen molar-refractivity contribution in [2.24, 2.45) is 0 Å². The summed E-state index contributed by atoms with van der Waals surface area (Å²) < 4.78 is 2.20. The molecule has 0 bridgehead atoms. The third-order valence-electron chi connectivity index (χ3n) is 2.31. The van der Waals surface area contributed by atoms with Gasteiger partial charge in [0.2, 0.25) is 11.9 Å². The van der Waals surface area contributed by atoms with Gasteiger partial charge < -0.3 is 0 Å². The zero-order valence-corrected chi connectivity index (χ0v) is 8.34. The SMILES string of the molecule is O[n+]1cc(Br)cc2c1CCCC2. The molecule has 2 nitrogen and oxygen atoms in total. The maximum atomic E-state index is 9.52. The highest BCUT2D eigenvalue weighted by atomic mass is 79.9. The van der Waals surface area contributed by atoms with Gasteiger partial charge in [0.15, 0.2) is 0 Å². The molecule has 1 aliphatic rings. The molecule has 0 fully saturated rings. The molecule has 0 unspecified atom stereocenters. The summed E-state index contributed by atoms with van der Waals surface area (Å²) in [5, 5.41) is 9.52. The van der Waals surface area contributed by atoms with Crippen molar-refractivity contribution in [3.63, 3.8) is 0 Å². The Labute approximate surface area is 79.9 Å². The Bertz CT molecular complexity index is 312. The summed E-state index contributed by atoms with van der Waals surface area (Å²) in [5.41, 5.74) is 2.35. The van der Waals surface area contributed by atoms with Crippen molar-refractivity contribution in [1.29, 1.82) is 0 Å². The maximum absolute atomic E-state index is 9.52. The third kappa shape index (κ3) is 1.33. The van der Waals surface area contributed by atoms with Crippen LogP contribution in [0.15, 0.2) is 16.7 Å². The number of hydrogen-bond donors (Lipinski definition) is 1. The minimum Gasteiger partial charge on any atom is -0.285 e. The van der Waals surface area contributed by atoms with Crippen LogP contribution < -0.4 is 4.73 Å². The molecular formula is C9H11BrNO+. The van der Waals surface area contributed by atoms with Crippen molar-refractivity contribution < 1.29 is 9.94 Å². The largest absolute Gasteiger partial charge is 0.285 e. The fraction of sp³-hybridized carbons (Fsp3) is 0.444. The monoisotopic (exact) mass is 228 g/mol. The molecule has 1 aromatic rings. The molecule has 0 spiro atoms. The van der Waals surface area contributed by atoms with Crippen LogP contribution in [0.3, 0.4) is 0 Å². The first-order chi connectivity index (χ1) is 5.77. The first kappa shape index (κ1) is 8.05. The lowest BCUT2D eigenvalue weighted by Crippen LogP contribution is -2.37. The predicted molar refractivity (Wildman–Crippen MR) is 48.2 cm³/mol. The molecule has 1 aliphatic carbocycles. The summed E-state index contributed by atoms with van der Waals surface area (Å²) in [6.07, 6.45) is 6.22. The van der Waals surface area contributed by atoms with Crippen molar-refractivity contribution in [3.8, 4) is 0 Å². The molecule has 12 heavy (non-hydrogen) atoms. The molecule has 0 radical (unpaired) electrons. The van der Waals surface area contributed by atoms with E-state index in [0.717, 1.165) is 23.0 Å². The first-order valence-corrected chi connectivity index (χ1v) is 4.99. The van der Waals surface area contributed by atoms with Crippen LogP contribution in [0.4, 0.5) is 0 Å². The van der Waals surface area contributed by atoms with Crippen molar-refractivity contribution >= 4 is 15.9 Å². The van der Waals surface area contributed by atoms with E-state index in [9.17, 15) is 5.21 Å². The number of aryl methyl sites for hydroxylation is 1. The molecule has 0 saturated heterocycles. The Morgan fingerprint density at radius 1 is 1.33 bits per heavy atom. The predicted octanol–water partition coefficient (Wildman–Crippen LogP) is 1.85. The second-order valence-electron chi connectivity index (χ2n) is 3.18. The summed E-state index contributed by atoms with van der Waals surface area (Å²) in [4.78, 5) is 0. The van der Waals surface area contributed by atoms with Crippen LogP contribution >= 0.6 is 15.9 Å². The maximum Gasteiger partial charge on any atom is 0.237 e. The van der Waals surface area contributed by atoms with E-state index < -0.39 is 0 Å². The topological polar surface area (TPSA) is 24.1 Å². The molecule has 2 rings (SSSR count). The summed E-state index contributed by atoms with van der Waals surface area (Å²) >= 11 is 3.36. The van der Waals surface area contributed by atoms with E-state index in [1.165, 1.54) is 23.1 Å². The molecule has 3 heteroatoms. The quantitative estimate of drug-likeness (QED) is 0.532. The summed E-state index contributed by atoms with van der Waals surface area (Å²) in [6, 6.07) is 2.10. The lowest BCUT2D eigenvalue weighted by atomic mass is 9.96. The number of halogens is 1. The molecule has 0 aliphatic heterocycles. The van der Waals surface area contributed by atoms with Gasteiger partial charge >= 0.3 is 0 Å². The van der Waals surface area contributed by atoms with Gasteiger partial charge in [-0.15, -0.1) is 0 Å². The number of nitrogens with zero attached hydrogens (tertiary/aromatic N) is 1. The minimum atomic E-state index is 0.950. The zero-order valence-electron chi connectivity index (χ0n) is 6.76. The van der Waals surface area contributed by atoms with Gasteiger partial charge in [-0.05, 0) is 41.3 Å². The number of aromatic nitrogens is 1. The van der Waals surface area contributed by atoms with Crippen LogP contribution in [0.1, 0.15) is 24.1 Å². The van der Waals surface area contributed by atoms with Crippen molar-refractivity contribution in [2.45, 2.75) is 25.7 Å². The number of rotatable bonds is 0. The van der Waals surface area contributed by atoms with E-state index in [0.29, 0.717) is 0 Å². The first-order valence-electron chi connectivity index (χ1n) is 4.19. The Kier molecular flexibility index (Phi) is 2.05. The summed E-state index contributed by atoms with van der Waals surface area (Å²) in [6.45, 7) is 0. The highest BCUT2D eigenvalue weighted by molar-refractivity contribution is 9.10. The fourth-order valence-corrected chi connectivity index (χ4v) is 2.20. The molecular weight excluding hydrogens is 218 g/mol. The molecule has 0 aromatic carbocycles. The highest BCUT2D eigenvalue weighted by Gasteiger charge is 2.20. The highest BCUT2D eigenvalue weighted by Crippen LogP contribution is 2.20. The van der Waals surface area contributed by atoms with E-state index in [2.05, 4.69) is 22.0 Å². The Balaban J connectivity index is 2.53. The van der Waals surface area contributed by atoms with Gasteiger partial charge in [-0.3, -0.25) is 5.21 Å². The molecule has 1 heterocycles. The standard InChI is InChI=1S/C9H11BrNO/c10-8-5-7-3-1-2-4-9(7)11(12)6-8/h5-6,12H,1-4H2/q+1. The molecule has 0 amide bonds.